The summed E-state index contributed by atoms with van der Waals surface area (Å²) in [5.74, 6) is 0. The van der Waals surface area contributed by atoms with E-state index in [2.05, 4.69) is 11.4 Å². The van der Waals surface area contributed by atoms with Gasteiger partial charge in [0.15, 0.2) is 0 Å². The van der Waals surface area contributed by atoms with Gasteiger partial charge in [0.2, 0.25) is 10.0 Å². The molecule has 1 aromatic heterocycles. The lowest BCUT2D eigenvalue weighted by molar-refractivity contribution is 0.598. The maximum Gasteiger partial charge on any atom is 0.240 e. The second-order valence-corrected chi connectivity index (χ2v) is 6.58. The van der Waals surface area contributed by atoms with E-state index in [9.17, 15) is 8.42 Å². The number of hydrogen-bond donors (Lipinski definition) is 3. The normalized spacial score (nSPS) is 11.4. The molecule has 102 valence electrons. The Bertz CT molecular complexity index is 652. The number of nitrogen functional groups attached to an aromatic ring is 1. The summed E-state index contributed by atoms with van der Waals surface area (Å²) in [6, 6.07) is 8.80. The average molecular weight is 297 g/mol. The van der Waals surface area contributed by atoms with Crippen LogP contribution in [0, 0.1) is 0 Å². The number of benzene rings is 1. The number of thiophene rings is 1. The molecule has 2 aromatic rings. The lowest BCUT2D eigenvalue weighted by Crippen LogP contribution is -2.16. The van der Waals surface area contributed by atoms with Gasteiger partial charge in [-0.15, -0.1) is 11.3 Å². The van der Waals surface area contributed by atoms with Crippen LogP contribution in [0.4, 0.5) is 11.4 Å². The van der Waals surface area contributed by atoms with Crippen molar-refractivity contribution < 1.29 is 8.42 Å². The van der Waals surface area contributed by atoms with E-state index in [1.54, 1.807) is 23.5 Å². The minimum absolute atomic E-state index is 0.0476. The molecule has 0 bridgehead atoms. The summed E-state index contributed by atoms with van der Waals surface area (Å²) in [5, 5.41) is 10.2. The number of primary sulfonamides is 1. The first-order valence-electron chi connectivity index (χ1n) is 5.66. The highest BCUT2D eigenvalue weighted by Gasteiger charge is 2.14. The molecule has 1 aromatic carbocycles. The zero-order chi connectivity index (χ0) is 13.9. The first kappa shape index (κ1) is 13.9. The number of sulfonamides is 1. The van der Waals surface area contributed by atoms with Crippen molar-refractivity contribution in [3.8, 4) is 0 Å². The van der Waals surface area contributed by atoms with Gasteiger partial charge in [-0.2, -0.15) is 0 Å². The van der Waals surface area contributed by atoms with Crippen molar-refractivity contribution in [1.29, 1.82) is 0 Å². The maximum absolute atomic E-state index is 11.3. The quantitative estimate of drug-likeness (QED) is 0.731. The predicted octanol–water partition coefficient (Wildman–Crippen LogP) is 1.63. The number of para-hydroxylation sites is 1. The first-order chi connectivity index (χ1) is 8.98. The molecule has 5 N–H and O–H groups in total. The van der Waals surface area contributed by atoms with Crippen LogP contribution < -0.4 is 16.2 Å². The molecule has 0 saturated heterocycles. The van der Waals surface area contributed by atoms with E-state index in [-0.39, 0.29) is 10.6 Å². The molecule has 19 heavy (non-hydrogen) atoms. The summed E-state index contributed by atoms with van der Waals surface area (Å²) < 4.78 is 22.7. The largest absolute Gasteiger partial charge is 0.396 e. The van der Waals surface area contributed by atoms with Gasteiger partial charge in [0, 0.05) is 11.4 Å². The van der Waals surface area contributed by atoms with Gasteiger partial charge in [-0.05, 0) is 30.0 Å². The smallest absolute Gasteiger partial charge is 0.240 e. The molecule has 0 aliphatic rings. The number of hydrogen-bond acceptors (Lipinski definition) is 5. The number of rotatable bonds is 5. The fourth-order valence-corrected chi connectivity index (χ4v) is 3.12. The van der Waals surface area contributed by atoms with Gasteiger partial charge in [-0.3, -0.25) is 0 Å². The third-order valence-corrected chi connectivity index (χ3v) is 4.54. The van der Waals surface area contributed by atoms with Crippen LogP contribution in [-0.2, 0) is 16.4 Å². The molecule has 7 heteroatoms. The SMILES string of the molecule is Nc1c(NCCc2cccs2)cccc1S(N)(=O)=O. The zero-order valence-electron chi connectivity index (χ0n) is 10.2. The Balaban J connectivity index is 2.09. The molecule has 2 rings (SSSR count). The highest BCUT2D eigenvalue weighted by atomic mass is 32.2. The van der Waals surface area contributed by atoms with Crippen molar-refractivity contribution in [2.75, 3.05) is 17.6 Å². The van der Waals surface area contributed by atoms with E-state index in [0.29, 0.717) is 12.2 Å². The monoisotopic (exact) mass is 297 g/mol. The Morgan fingerprint density at radius 1 is 1.21 bits per heavy atom. The van der Waals surface area contributed by atoms with Crippen LogP contribution in [0.15, 0.2) is 40.6 Å². The van der Waals surface area contributed by atoms with Crippen molar-refractivity contribution in [3.05, 3.63) is 40.6 Å². The maximum atomic E-state index is 11.3. The van der Waals surface area contributed by atoms with Crippen LogP contribution >= 0.6 is 11.3 Å². The predicted molar refractivity (Wildman–Crippen MR) is 78.7 cm³/mol. The van der Waals surface area contributed by atoms with Crippen molar-refractivity contribution >= 4 is 32.7 Å². The minimum atomic E-state index is -3.79. The standard InChI is InChI=1S/C12H15N3O2S2/c13-12-10(4-1-5-11(12)19(14,16)17)15-7-6-9-3-2-8-18-9/h1-5,8,15H,6-7,13H2,(H2,14,16,17). The molecule has 0 saturated carbocycles. The average Bonchev–Trinajstić information content (AvgIpc) is 2.83. The van der Waals surface area contributed by atoms with Gasteiger partial charge in [0.05, 0.1) is 11.4 Å². The van der Waals surface area contributed by atoms with Crippen LogP contribution in [0.5, 0.6) is 0 Å². The van der Waals surface area contributed by atoms with Crippen LogP contribution in [0.25, 0.3) is 0 Å². The van der Waals surface area contributed by atoms with Gasteiger partial charge >= 0.3 is 0 Å². The number of nitrogens with two attached hydrogens (primary N) is 2. The second-order valence-electron chi connectivity index (χ2n) is 4.02. The van der Waals surface area contributed by atoms with Crippen LogP contribution in [-0.4, -0.2) is 15.0 Å². The second kappa shape index (κ2) is 5.60. The molecule has 0 amide bonds. The van der Waals surface area contributed by atoms with E-state index < -0.39 is 10.0 Å². The van der Waals surface area contributed by atoms with Crippen LogP contribution in [0.3, 0.4) is 0 Å². The van der Waals surface area contributed by atoms with Gasteiger partial charge in [-0.1, -0.05) is 12.1 Å². The topological polar surface area (TPSA) is 98.2 Å². The molecular weight excluding hydrogens is 282 g/mol. The Hall–Kier alpha value is -1.57. The summed E-state index contributed by atoms with van der Waals surface area (Å²) in [4.78, 5) is 1.21. The molecule has 1 heterocycles. The first-order valence-corrected chi connectivity index (χ1v) is 8.08. The van der Waals surface area contributed by atoms with Crippen molar-refractivity contribution in [1.82, 2.24) is 0 Å². The molecule has 0 aliphatic heterocycles. The van der Waals surface area contributed by atoms with Crippen LogP contribution in [0.2, 0.25) is 0 Å². The van der Waals surface area contributed by atoms with E-state index >= 15 is 0 Å². The molecule has 0 aliphatic carbocycles. The Labute approximate surface area is 116 Å². The summed E-state index contributed by atoms with van der Waals surface area (Å²) >= 11 is 1.68. The van der Waals surface area contributed by atoms with E-state index in [4.69, 9.17) is 10.9 Å². The van der Waals surface area contributed by atoms with E-state index in [0.717, 1.165) is 6.42 Å². The summed E-state index contributed by atoms with van der Waals surface area (Å²) in [6.45, 7) is 0.679. The minimum Gasteiger partial charge on any atom is -0.396 e. The van der Waals surface area contributed by atoms with E-state index in [1.165, 1.54) is 10.9 Å². The number of anilines is 2. The fraction of sp³-hybridized carbons (Fsp3) is 0.167. The van der Waals surface area contributed by atoms with Crippen molar-refractivity contribution in [2.45, 2.75) is 11.3 Å². The Morgan fingerprint density at radius 2 is 2.00 bits per heavy atom. The summed E-state index contributed by atoms with van der Waals surface area (Å²) in [5.41, 5.74) is 6.56. The molecule has 0 radical (unpaired) electrons. The molecular formula is C12H15N3O2S2. The molecule has 0 fully saturated rings. The lowest BCUT2D eigenvalue weighted by atomic mass is 10.2. The van der Waals surface area contributed by atoms with Gasteiger partial charge < -0.3 is 11.1 Å². The number of nitrogens with one attached hydrogen (secondary N) is 1. The zero-order valence-corrected chi connectivity index (χ0v) is 11.8. The van der Waals surface area contributed by atoms with Crippen molar-refractivity contribution in [2.24, 2.45) is 5.14 Å². The van der Waals surface area contributed by atoms with Crippen molar-refractivity contribution in [3.63, 3.8) is 0 Å². The highest BCUT2D eigenvalue weighted by molar-refractivity contribution is 7.89. The molecule has 0 unspecified atom stereocenters. The molecule has 0 spiro atoms. The van der Waals surface area contributed by atoms with Gasteiger partial charge in [0.25, 0.3) is 0 Å². The summed E-state index contributed by atoms with van der Waals surface area (Å²) in [7, 11) is -3.79. The summed E-state index contributed by atoms with van der Waals surface area (Å²) in [6.07, 6.45) is 0.858. The van der Waals surface area contributed by atoms with Gasteiger partial charge in [-0.25, -0.2) is 13.6 Å². The van der Waals surface area contributed by atoms with Crippen LogP contribution in [0.1, 0.15) is 4.88 Å². The molecule has 5 nitrogen and oxygen atoms in total. The Morgan fingerprint density at radius 3 is 2.63 bits per heavy atom. The third kappa shape index (κ3) is 3.46. The van der Waals surface area contributed by atoms with E-state index in [1.807, 2.05) is 11.4 Å². The Kier molecular flexibility index (Phi) is 4.08. The van der Waals surface area contributed by atoms with Gasteiger partial charge in [0.1, 0.15) is 4.90 Å². The third-order valence-electron chi connectivity index (χ3n) is 2.64. The highest BCUT2D eigenvalue weighted by Crippen LogP contribution is 2.25. The lowest BCUT2D eigenvalue weighted by Gasteiger charge is -2.11. The fourth-order valence-electron chi connectivity index (χ4n) is 1.72. The molecule has 0 atom stereocenters.